The number of carbonyl (C=O) groups is 1. The fourth-order valence-electron chi connectivity index (χ4n) is 2.38. The Labute approximate surface area is 149 Å². The van der Waals surface area contributed by atoms with Crippen LogP contribution in [0.3, 0.4) is 0 Å². The third-order valence-corrected chi connectivity index (χ3v) is 4.22. The SMILES string of the molecule is CC(=O)Nc1ccc(NCc2cc(=O)n3ccsc3n2)c(C(F)(F)F)c1. The number of anilines is 2. The summed E-state index contributed by atoms with van der Waals surface area (Å²) in [6.45, 7) is 1.16. The summed E-state index contributed by atoms with van der Waals surface area (Å²) in [5, 5.41) is 6.68. The van der Waals surface area contributed by atoms with Gasteiger partial charge >= 0.3 is 6.18 Å². The van der Waals surface area contributed by atoms with Crippen molar-refractivity contribution < 1.29 is 18.0 Å². The highest BCUT2D eigenvalue weighted by molar-refractivity contribution is 7.15. The topological polar surface area (TPSA) is 75.5 Å². The van der Waals surface area contributed by atoms with Crippen LogP contribution in [0, 0.1) is 0 Å². The fourth-order valence-corrected chi connectivity index (χ4v) is 3.12. The van der Waals surface area contributed by atoms with Crippen LogP contribution in [0.25, 0.3) is 4.96 Å². The van der Waals surface area contributed by atoms with Crippen molar-refractivity contribution in [3.8, 4) is 0 Å². The number of fused-ring (bicyclic) bond motifs is 1. The minimum atomic E-state index is -4.61. The molecule has 6 nitrogen and oxygen atoms in total. The van der Waals surface area contributed by atoms with E-state index in [4.69, 9.17) is 0 Å². The summed E-state index contributed by atoms with van der Waals surface area (Å²) in [4.78, 5) is 27.7. The van der Waals surface area contributed by atoms with Gasteiger partial charge in [-0.3, -0.25) is 14.0 Å². The molecule has 0 radical (unpaired) electrons. The molecule has 26 heavy (non-hydrogen) atoms. The van der Waals surface area contributed by atoms with Gasteiger partial charge in [0.1, 0.15) is 0 Å². The highest BCUT2D eigenvalue weighted by Gasteiger charge is 2.34. The second-order valence-electron chi connectivity index (χ2n) is 5.43. The predicted octanol–water partition coefficient (Wildman–Crippen LogP) is 3.35. The molecule has 0 spiro atoms. The van der Waals surface area contributed by atoms with E-state index in [2.05, 4.69) is 15.6 Å². The van der Waals surface area contributed by atoms with E-state index in [0.717, 1.165) is 6.07 Å². The molecule has 3 rings (SSSR count). The van der Waals surface area contributed by atoms with Gasteiger partial charge in [0.05, 0.1) is 17.8 Å². The first-order valence-corrected chi connectivity index (χ1v) is 8.30. The van der Waals surface area contributed by atoms with Crippen molar-refractivity contribution in [1.29, 1.82) is 0 Å². The zero-order valence-electron chi connectivity index (χ0n) is 13.4. The molecule has 0 aliphatic rings. The van der Waals surface area contributed by atoms with E-state index >= 15 is 0 Å². The van der Waals surface area contributed by atoms with Crippen molar-refractivity contribution >= 4 is 33.6 Å². The quantitative estimate of drug-likeness (QED) is 0.726. The Morgan fingerprint density at radius 1 is 1.31 bits per heavy atom. The van der Waals surface area contributed by atoms with E-state index in [9.17, 15) is 22.8 Å². The number of amides is 1. The van der Waals surface area contributed by atoms with Crippen LogP contribution < -0.4 is 16.2 Å². The number of hydrogen-bond acceptors (Lipinski definition) is 5. The monoisotopic (exact) mass is 382 g/mol. The largest absolute Gasteiger partial charge is 0.418 e. The number of hydrogen-bond donors (Lipinski definition) is 2. The minimum absolute atomic E-state index is 0.0479. The lowest BCUT2D eigenvalue weighted by Gasteiger charge is -2.16. The molecule has 0 unspecified atom stereocenters. The third kappa shape index (κ3) is 3.85. The second kappa shape index (κ2) is 6.79. The fraction of sp³-hybridized carbons (Fsp3) is 0.188. The molecule has 1 amide bonds. The molecule has 0 saturated carbocycles. The number of nitrogens with one attached hydrogen (secondary N) is 2. The lowest BCUT2D eigenvalue weighted by Crippen LogP contribution is -2.16. The van der Waals surface area contributed by atoms with Gasteiger partial charge in [0.25, 0.3) is 5.56 Å². The van der Waals surface area contributed by atoms with Crippen LogP contribution in [0.4, 0.5) is 24.5 Å². The van der Waals surface area contributed by atoms with E-state index in [-0.39, 0.29) is 23.5 Å². The zero-order chi connectivity index (χ0) is 18.9. The number of carbonyl (C=O) groups excluding carboxylic acids is 1. The van der Waals surface area contributed by atoms with Gasteiger partial charge in [0.2, 0.25) is 5.91 Å². The zero-order valence-corrected chi connectivity index (χ0v) is 14.2. The molecule has 0 fully saturated rings. The Kier molecular flexibility index (Phi) is 4.68. The van der Waals surface area contributed by atoms with E-state index in [1.54, 1.807) is 11.6 Å². The Morgan fingerprint density at radius 2 is 2.08 bits per heavy atom. The smallest absolute Gasteiger partial charge is 0.379 e. The lowest BCUT2D eigenvalue weighted by atomic mass is 10.1. The van der Waals surface area contributed by atoms with Crippen LogP contribution in [0.2, 0.25) is 0 Å². The molecule has 1 aromatic carbocycles. The van der Waals surface area contributed by atoms with Gasteiger partial charge in [0.15, 0.2) is 4.96 Å². The molecule has 2 aromatic heterocycles. The van der Waals surface area contributed by atoms with Crippen LogP contribution in [0.1, 0.15) is 18.2 Å². The molecule has 0 atom stereocenters. The Bertz CT molecular complexity index is 1030. The normalized spacial score (nSPS) is 11.5. The van der Waals surface area contributed by atoms with E-state index in [0.29, 0.717) is 10.7 Å². The highest BCUT2D eigenvalue weighted by atomic mass is 32.1. The van der Waals surface area contributed by atoms with Gasteiger partial charge in [-0.25, -0.2) is 4.98 Å². The molecule has 2 N–H and O–H groups in total. The Hall–Kier alpha value is -2.88. The van der Waals surface area contributed by atoms with Gasteiger partial charge in [0, 0.05) is 35.9 Å². The number of thiazole rings is 1. The standard InChI is InChI=1S/C16H13F3N4O2S/c1-9(24)21-10-2-3-13(12(6-10)16(17,18)19)20-8-11-7-14(25)23-4-5-26-15(23)22-11/h2-7,20H,8H2,1H3,(H,21,24). The summed E-state index contributed by atoms with van der Waals surface area (Å²) < 4.78 is 41.3. The second-order valence-corrected chi connectivity index (χ2v) is 6.31. The van der Waals surface area contributed by atoms with Crippen molar-refractivity contribution in [2.24, 2.45) is 0 Å². The highest BCUT2D eigenvalue weighted by Crippen LogP contribution is 2.36. The molecule has 3 aromatic rings. The molecule has 136 valence electrons. The number of nitrogens with zero attached hydrogens (tertiary/aromatic N) is 2. The van der Waals surface area contributed by atoms with Crippen molar-refractivity contribution in [2.75, 3.05) is 10.6 Å². The summed E-state index contributed by atoms with van der Waals surface area (Å²) in [7, 11) is 0. The maximum absolute atomic E-state index is 13.3. The summed E-state index contributed by atoms with van der Waals surface area (Å²) >= 11 is 1.26. The molecule has 0 saturated heterocycles. The van der Waals surface area contributed by atoms with Crippen molar-refractivity contribution in [3.63, 3.8) is 0 Å². The number of halogens is 3. The molecule has 0 aliphatic heterocycles. The average molecular weight is 382 g/mol. The van der Waals surface area contributed by atoms with E-state index < -0.39 is 17.6 Å². The third-order valence-electron chi connectivity index (χ3n) is 3.46. The first kappa shape index (κ1) is 17.9. The maximum Gasteiger partial charge on any atom is 0.418 e. The summed E-state index contributed by atoms with van der Waals surface area (Å²) in [5.74, 6) is -0.465. The molecular weight excluding hydrogens is 369 g/mol. The minimum Gasteiger partial charge on any atom is -0.379 e. The van der Waals surface area contributed by atoms with E-state index in [1.807, 2.05) is 0 Å². The van der Waals surface area contributed by atoms with Crippen LogP contribution >= 0.6 is 11.3 Å². The molecular formula is C16H13F3N4O2S. The summed E-state index contributed by atoms with van der Waals surface area (Å²) in [6, 6.07) is 4.72. The number of rotatable bonds is 4. The van der Waals surface area contributed by atoms with Gasteiger partial charge < -0.3 is 10.6 Å². The first-order valence-electron chi connectivity index (χ1n) is 7.42. The van der Waals surface area contributed by atoms with Crippen molar-refractivity contribution in [2.45, 2.75) is 19.6 Å². The van der Waals surface area contributed by atoms with Crippen LogP contribution in [0.15, 0.2) is 40.6 Å². The van der Waals surface area contributed by atoms with Crippen LogP contribution in [0.5, 0.6) is 0 Å². The molecule has 0 aliphatic carbocycles. The number of alkyl halides is 3. The average Bonchev–Trinajstić information content (AvgIpc) is 3.01. The molecule has 0 bridgehead atoms. The number of benzene rings is 1. The van der Waals surface area contributed by atoms with Crippen LogP contribution in [-0.2, 0) is 17.5 Å². The lowest BCUT2D eigenvalue weighted by molar-refractivity contribution is -0.137. The molecule has 10 heteroatoms. The predicted molar refractivity (Wildman–Crippen MR) is 92.4 cm³/mol. The van der Waals surface area contributed by atoms with Crippen molar-refractivity contribution in [1.82, 2.24) is 9.38 Å². The summed E-state index contributed by atoms with van der Waals surface area (Å²) in [6.07, 6.45) is -3.03. The van der Waals surface area contributed by atoms with Gasteiger partial charge in [-0.15, -0.1) is 11.3 Å². The first-order chi connectivity index (χ1) is 12.2. The summed E-state index contributed by atoms with van der Waals surface area (Å²) in [5.41, 5.74) is -1.01. The van der Waals surface area contributed by atoms with Gasteiger partial charge in [-0.2, -0.15) is 13.2 Å². The Balaban J connectivity index is 1.88. The number of aromatic nitrogens is 2. The van der Waals surface area contributed by atoms with Gasteiger partial charge in [-0.05, 0) is 18.2 Å². The molecule has 2 heterocycles. The maximum atomic E-state index is 13.3. The van der Waals surface area contributed by atoms with Crippen LogP contribution in [-0.4, -0.2) is 15.3 Å². The Morgan fingerprint density at radius 3 is 2.77 bits per heavy atom. The van der Waals surface area contributed by atoms with E-state index in [1.165, 1.54) is 40.9 Å². The van der Waals surface area contributed by atoms with Gasteiger partial charge in [-0.1, -0.05) is 0 Å². The van der Waals surface area contributed by atoms with Crippen molar-refractivity contribution in [3.05, 3.63) is 57.5 Å².